The number of anilines is 1. The van der Waals surface area contributed by atoms with Crippen molar-refractivity contribution in [1.29, 1.82) is 0 Å². The number of hydrogen-bond acceptors (Lipinski definition) is 5. The first-order valence-corrected chi connectivity index (χ1v) is 10.8. The van der Waals surface area contributed by atoms with E-state index in [1.165, 1.54) is 12.2 Å². The Balaban J connectivity index is 1.59. The van der Waals surface area contributed by atoms with Crippen LogP contribution in [0.25, 0.3) is 0 Å². The van der Waals surface area contributed by atoms with Gasteiger partial charge < -0.3 is 10.1 Å². The van der Waals surface area contributed by atoms with Gasteiger partial charge in [0.25, 0.3) is 5.91 Å². The second-order valence-electron chi connectivity index (χ2n) is 5.77. The van der Waals surface area contributed by atoms with Gasteiger partial charge in [-0.15, -0.1) is 0 Å². The van der Waals surface area contributed by atoms with Crippen LogP contribution in [0, 0.1) is 6.92 Å². The van der Waals surface area contributed by atoms with Crippen LogP contribution in [-0.4, -0.2) is 29.5 Å². The molecule has 1 aromatic carbocycles. The Hall–Kier alpha value is -0.850. The number of carbonyl (C=O) groups excluding carboxylic acids is 2. The second-order valence-corrected chi connectivity index (χ2v) is 8.96. The number of benzene rings is 1. The van der Waals surface area contributed by atoms with E-state index >= 15 is 0 Å². The molecule has 0 saturated carbocycles. The molecule has 0 radical (unpaired) electrons. The highest BCUT2D eigenvalue weighted by Gasteiger charge is 2.16. The van der Waals surface area contributed by atoms with Crippen LogP contribution in [0.4, 0.5) is 5.69 Å². The van der Waals surface area contributed by atoms with E-state index < -0.39 is 0 Å². The minimum Gasteiger partial charge on any atom is -0.456 e. The molecule has 7 heteroatoms. The van der Waals surface area contributed by atoms with E-state index in [4.69, 9.17) is 16.3 Å². The Morgan fingerprint density at radius 3 is 2.92 bits per heavy atom. The van der Waals surface area contributed by atoms with E-state index in [1.54, 1.807) is 12.1 Å². The van der Waals surface area contributed by atoms with Crippen molar-refractivity contribution in [2.75, 3.05) is 17.7 Å². The summed E-state index contributed by atoms with van der Waals surface area (Å²) < 4.78 is 5.01. The van der Waals surface area contributed by atoms with Gasteiger partial charge >= 0.3 is 5.97 Å². The van der Waals surface area contributed by atoms with Crippen molar-refractivity contribution >= 4 is 50.8 Å². The normalized spacial score (nSPS) is 16.8. The zero-order valence-electron chi connectivity index (χ0n) is 13.7. The number of hydrogen-bond donors (Lipinski definition) is 1. The fraction of sp³-hybridized carbons (Fsp3) is 0.529. The number of carbonyl (C=O) groups is 2. The van der Waals surface area contributed by atoms with Crippen LogP contribution >= 0.6 is 33.2 Å². The number of esters is 1. The number of unbranched alkanes of at least 4 members (excludes halogenated alkanes) is 1. The van der Waals surface area contributed by atoms with E-state index in [0.29, 0.717) is 17.1 Å². The molecule has 1 aliphatic rings. The highest BCUT2D eigenvalue weighted by molar-refractivity contribution is 8.77. The highest BCUT2D eigenvalue weighted by atomic mass is 35.5. The van der Waals surface area contributed by atoms with Gasteiger partial charge in [0.1, 0.15) is 0 Å². The van der Waals surface area contributed by atoms with Crippen LogP contribution in [0.15, 0.2) is 18.2 Å². The summed E-state index contributed by atoms with van der Waals surface area (Å²) >= 11 is 6.05. The van der Waals surface area contributed by atoms with Crippen LogP contribution in [0.1, 0.15) is 37.7 Å². The molecule has 1 saturated heterocycles. The lowest BCUT2D eigenvalue weighted by molar-refractivity contribution is -0.147. The molecule has 0 spiro atoms. The first-order valence-electron chi connectivity index (χ1n) is 8.04. The van der Waals surface area contributed by atoms with E-state index in [9.17, 15) is 9.59 Å². The van der Waals surface area contributed by atoms with Crippen LogP contribution in [0.3, 0.4) is 0 Å². The zero-order chi connectivity index (χ0) is 17.4. The van der Waals surface area contributed by atoms with Gasteiger partial charge in [-0.05, 0) is 43.9 Å². The predicted octanol–water partition coefficient (Wildman–Crippen LogP) is 4.84. The van der Waals surface area contributed by atoms with Crippen LogP contribution in [-0.2, 0) is 14.3 Å². The number of rotatable bonds is 8. The summed E-state index contributed by atoms with van der Waals surface area (Å²) in [5, 5.41) is 3.85. The van der Waals surface area contributed by atoms with Crippen LogP contribution in [0.2, 0.25) is 5.02 Å². The Bertz CT molecular complexity index is 577. The molecule has 0 bridgehead atoms. The highest BCUT2D eigenvalue weighted by Crippen LogP contribution is 2.39. The molecular formula is C17H22ClNO3S2. The third-order valence-electron chi connectivity index (χ3n) is 3.65. The first-order chi connectivity index (χ1) is 11.5. The summed E-state index contributed by atoms with van der Waals surface area (Å²) in [5.74, 6) is 0.527. The molecule has 1 aromatic rings. The minimum absolute atomic E-state index is 0.280. The largest absolute Gasteiger partial charge is 0.456 e. The quantitative estimate of drug-likeness (QED) is 0.392. The molecule has 0 aliphatic carbocycles. The fourth-order valence-corrected chi connectivity index (χ4v) is 5.64. The molecule has 1 amide bonds. The predicted molar refractivity (Wildman–Crippen MR) is 103 cm³/mol. The standard InChI is InChI=1S/C17H22ClNO3S2/c1-12-6-7-15(14(18)10-12)19-16(20)11-22-17(21)5-3-2-4-13-8-9-23-24-13/h6-7,10,13H,2-5,8-9,11H2,1H3,(H,19,20)/t13-/m1/s1. The van der Waals surface area contributed by atoms with Crippen molar-refractivity contribution in [2.24, 2.45) is 0 Å². The molecule has 1 fully saturated rings. The molecule has 24 heavy (non-hydrogen) atoms. The monoisotopic (exact) mass is 387 g/mol. The third kappa shape index (κ3) is 6.95. The van der Waals surface area contributed by atoms with Gasteiger partial charge in [-0.2, -0.15) is 0 Å². The van der Waals surface area contributed by atoms with Gasteiger partial charge in [0.15, 0.2) is 6.61 Å². The SMILES string of the molecule is Cc1ccc(NC(=O)COC(=O)CCCC[C@@H]2CCSS2)c(Cl)c1. The molecule has 4 nitrogen and oxygen atoms in total. The first kappa shape index (κ1) is 19.5. The fourth-order valence-electron chi connectivity index (χ4n) is 2.33. The summed E-state index contributed by atoms with van der Waals surface area (Å²) in [6, 6.07) is 5.36. The van der Waals surface area contributed by atoms with Gasteiger partial charge in [0, 0.05) is 17.4 Å². The van der Waals surface area contributed by atoms with Crippen LogP contribution < -0.4 is 5.32 Å². The van der Waals surface area contributed by atoms with Gasteiger partial charge in [0.2, 0.25) is 0 Å². The lowest BCUT2D eigenvalue weighted by atomic mass is 10.1. The van der Waals surface area contributed by atoms with E-state index in [2.05, 4.69) is 5.32 Å². The Kier molecular flexibility index (Phi) is 8.29. The molecular weight excluding hydrogens is 366 g/mol. The maximum Gasteiger partial charge on any atom is 0.306 e. The Morgan fingerprint density at radius 1 is 1.38 bits per heavy atom. The Labute approximate surface area is 155 Å². The van der Waals surface area contributed by atoms with E-state index in [-0.39, 0.29) is 18.5 Å². The van der Waals surface area contributed by atoms with Crippen molar-refractivity contribution in [3.63, 3.8) is 0 Å². The topological polar surface area (TPSA) is 55.4 Å². The second kappa shape index (κ2) is 10.2. The maximum atomic E-state index is 11.8. The lowest BCUT2D eigenvalue weighted by Gasteiger charge is -2.09. The van der Waals surface area contributed by atoms with Crippen LogP contribution in [0.5, 0.6) is 0 Å². The summed E-state index contributed by atoms with van der Waals surface area (Å²) in [4.78, 5) is 23.5. The van der Waals surface area contributed by atoms with Crippen molar-refractivity contribution in [2.45, 2.75) is 44.3 Å². The average Bonchev–Trinajstić information content (AvgIpc) is 3.06. The minimum atomic E-state index is -0.381. The van der Waals surface area contributed by atoms with E-state index in [0.717, 1.165) is 30.1 Å². The maximum absolute atomic E-state index is 11.8. The van der Waals surface area contributed by atoms with Gasteiger partial charge in [-0.1, -0.05) is 45.7 Å². The number of amides is 1. The summed E-state index contributed by atoms with van der Waals surface area (Å²) in [5.41, 5.74) is 1.54. The molecule has 2 rings (SSSR count). The number of halogens is 1. The van der Waals surface area contributed by atoms with Gasteiger partial charge in [-0.3, -0.25) is 9.59 Å². The molecule has 0 aromatic heterocycles. The van der Waals surface area contributed by atoms with Crippen molar-refractivity contribution in [1.82, 2.24) is 0 Å². The molecule has 1 atom stereocenters. The van der Waals surface area contributed by atoms with Gasteiger partial charge in [0.05, 0.1) is 10.7 Å². The van der Waals surface area contributed by atoms with Crippen molar-refractivity contribution in [3.05, 3.63) is 28.8 Å². The molecule has 1 N–H and O–H groups in total. The molecule has 0 unspecified atom stereocenters. The molecule has 1 heterocycles. The Morgan fingerprint density at radius 2 is 2.21 bits per heavy atom. The molecule has 132 valence electrons. The zero-order valence-corrected chi connectivity index (χ0v) is 16.1. The van der Waals surface area contributed by atoms with Crippen molar-refractivity contribution < 1.29 is 14.3 Å². The lowest BCUT2D eigenvalue weighted by Crippen LogP contribution is -2.21. The summed E-state index contributed by atoms with van der Waals surface area (Å²) in [6.45, 7) is 1.64. The average molecular weight is 388 g/mol. The number of nitrogens with one attached hydrogen (secondary N) is 1. The number of aryl methyl sites for hydroxylation is 1. The number of ether oxygens (including phenoxy) is 1. The summed E-state index contributed by atoms with van der Waals surface area (Å²) in [6.07, 6.45) is 4.62. The molecule has 1 aliphatic heterocycles. The van der Waals surface area contributed by atoms with Crippen molar-refractivity contribution in [3.8, 4) is 0 Å². The smallest absolute Gasteiger partial charge is 0.306 e. The summed E-state index contributed by atoms with van der Waals surface area (Å²) in [7, 11) is 3.89. The third-order valence-corrected chi connectivity index (χ3v) is 6.97. The van der Waals surface area contributed by atoms with E-state index in [1.807, 2.05) is 34.6 Å². The van der Waals surface area contributed by atoms with Gasteiger partial charge in [-0.25, -0.2) is 0 Å².